The van der Waals surface area contributed by atoms with E-state index in [1.54, 1.807) is 21.7 Å². The van der Waals surface area contributed by atoms with Crippen LogP contribution in [0.15, 0.2) is 33.9 Å². The van der Waals surface area contributed by atoms with Crippen molar-refractivity contribution in [2.45, 2.75) is 17.7 Å². The predicted molar refractivity (Wildman–Crippen MR) is 87.4 cm³/mol. The van der Waals surface area contributed by atoms with E-state index in [9.17, 15) is 8.42 Å². The molecule has 3 rings (SSSR count). The summed E-state index contributed by atoms with van der Waals surface area (Å²) in [6, 6.07) is 7.76. The van der Waals surface area contributed by atoms with Crippen LogP contribution in [-0.2, 0) is 16.6 Å². The Morgan fingerprint density at radius 3 is 2.48 bits per heavy atom. The monoisotopic (exact) mass is 342 g/mol. The van der Waals surface area contributed by atoms with E-state index in [1.807, 2.05) is 13.0 Å². The third kappa shape index (κ3) is 3.37. The van der Waals surface area contributed by atoms with Crippen LogP contribution in [0.25, 0.3) is 0 Å². The molecule has 0 radical (unpaired) electrons. The first-order valence-electron chi connectivity index (χ1n) is 6.87. The summed E-state index contributed by atoms with van der Waals surface area (Å²) >= 11 is 3.10. The van der Waals surface area contributed by atoms with Gasteiger partial charge in [-0.1, -0.05) is 6.07 Å². The molecular formula is C14H18N2O2S3. The summed E-state index contributed by atoms with van der Waals surface area (Å²) in [6.07, 6.45) is 0. The smallest absolute Gasteiger partial charge is 0.252 e. The molecule has 0 N–H and O–H groups in total. The van der Waals surface area contributed by atoms with Gasteiger partial charge in [-0.15, -0.1) is 22.7 Å². The second-order valence-electron chi connectivity index (χ2n) is 5.12. The lowest BCUT2D eigenvalue weighted by Gasteiger charge is -2.33. The van der Waals surface area contributed by atoms with Crippen molar-refractivity contribution in [2.24, 2.45) is 0 Å². The molecule has 1 fully saturated rings. The quantitative estimate of drug-likeness (QED) is 0.858. The van der Waals surface area contributed by atoms with Crippen LogP contribution in [0.1, 0.15) is 9.75 Å². The molecule has 21 heavy (non-hydrogen) atoms. The van der Waals surface area contributed by atoms with E-state index in [1.165, 1.54) is 16.2 Å². The maximum atomic E-state index is 12.5. The Kier molecular flexibility index (Phi) is 4.46. The highest BCUT2D eigenvalue weighted by atomic mass is 32.2. The lowest BCUT2D eigenvalue weighted by atomic mass is 10.3. The van der Waals surface area contributed by atoms with Gasteiger partial charge in [0.1, 0.15) is 4.21 Å². The largest absolute Gasteiger partial charge is 0.296 e. The van der Waals surface area contributed by atoms with Crippen molar-refractivity contribution in [1.29, 1.82) is 0 Å². The van der Waals surface area contributed by atoms with Crippen LogP contribution in [-0.4, -0.2) is 43.8 Å². The van der Waals surface area contributed by atoms with Gasteiger partial charge < -0.3 is 0 Å². The fraction of sp³-hybridized carbons (Fsp3) is 0.429. The van der Waals surface area contributed by atoms with Gasteiger partial charge in [-0.3, -0.25) is 4.90 Å². The third-order valence-electron chi connectivity index (χ3n) is 3.60. The average molecular weight is 343 g/mol. The molecule has 2 aromatic rings. The zero-order valence-electron chi connectivity index (χ0n) is 11.9. The number of hydrogen-bond acceptors (Lipinski definition) is 5. The van der Waals surface area contributed by atoms with Crippen molar-refractivity contribution in [1.82, 2.24) is 9.21 Å². The lowest BCUT2D eigenvalue weighted by Crippen LogP contribution is -2.47. The molecule has 0 aliphatic carbocycles. The minimum atomic E-state index is -3.30. The van der Waals surface area contributed by atoms with Crippen LogP contribution >= 0.6 is 22.7 Å². The Balaban J connectivity index is 1.63. The molecule has 1 aliphatic heterocycles. The number of thiophene rings is 2. The van der Waals surface area contributed by atoms with Crippen LogP contribution in [0.5, 0.6) is 0 Å². The van der Waals surface area contributed by atoms with Gasteiger partial charge >= 0.3 is 0 Å². The molecule has 7 heteroatoms. The van der Waals surface area contributed by atoms with Crippen LogP contribution in [0.4, 0.5) is 0 Å². The van der Waals surface area contributed by atoms with Gasteiger partial charge in [0.15, 0.2) is 0 Å². The molecule has 0 saturated carbocycles. The molecule has 0 aromatic carbocycles. The molecule has 1 saturated heterocycles. The second-order valence-corrected chi connectivity index (χ2v) is 9.61. The molecule has 3 heterocycles. The number of hydrogen-bond donors (Lipinski definition) is 0. The summed E-state index contributed by atoms with van der Waals surface area (Å²) in [7, 11) is -3.30. The van der Waals surface area contributed by atoms with E-state index in [0.717, 1.165) is 24.5 Å². The van der Waals surface area contributed by atoms with Crippen LogP contribution in [0, 0.1) is 6.92 Å². The Morgan fingerprint density at radius 2 is 1.90 bits per heavy atom. The molecule has 0 amide bonds. The first-order chi connectivity index (χ1) is 10.1. The van der Waals surface area contributed by atoms with E-state index in [4.69, 9.17) is 0 Å². The third-order valence-corrected chi connectivity index (χ3v) is 7.83. The van der Waals surface area contributed by atoms with Crippen molar-refractivity contribution in [2.75, 3.05) is 26.2 Å². The summed E-state index contributed by atoms with van der Waals surface area (Å²) in [6.45, 7) is 5.59. The van der Waals surface area contributed by atoms with E-state index < -0.39 is 10.0 Å². The number of nitrogens with zero attached hydrogens (tertiary/aromatic N) is 2. The molecule has 0 spiro atoms. The molecule has 0 unspecified atom stereocenters. The maximum Gasteiger partial charge on any atom is 0.252 e. The van der Waals surface area contributed by atoms with Gasteiger partial charge in [0.2, 0.25) is 0 Å². The first kappa shape index (κ1) is 15.2. The highest BCUT2D eigenvalue weighted by Crippen LogP contribution is 2.25. The first-order valence-corrected chi connectivity index (χ1v) is 10.0. The van der Waals surface area contributed by atoms with Crippen LogP contribution in [0.3, 0.4) is 0 Å². The van der Waals surface area contributed by atoms with Crippen molar-refractivity contribution in [3.8, 4) is 0 Å². The SMILES string of the molecule is Cc1ccc(S(=O)(=O)N2CCN(Cc3cccs3)CC2)s1. The van der Waals surface area contributed by atoms with Gasteiger partial charge in [-0.05, 0) is 30.5 Å². The fourth-order valence-corrected chi connectivity index (χ4v) is 6.03. The molecule has 0 atom stereocenters. The standard InChI is InChI=1S/C14H18N2O2S3/c1-12-4-5-14(20-12)21(17,18)16-8-6-15(7-9-16)11-13-3-2-10-19-13/h2-5,10H,6-9,11H2,1H3. The van der Waals surface area contributed by atoms with Crippen molar-refractivity contribution in [3.05, 3.63) is 39.4 Å². The van der Waals surface area contributed by atoms with Gasteiger partial charge in [-0.25, -0.2) is 8.42 Å². The molecule has 1 aliphatic rings. The van der Waals surface area contributed by atoms with Crippen molar-refractivity contribution < 1.29 is 8.42 Å². The molecule has 2 aromatic heterocycles. The van der Waals surface area contributed by atoms with Gasteiger partial charge in [0, 0.05) is 42.5 Å². The minimum absolute atomic E-state index is 0.465. The van der Waals surface area contributed by atoms with Crippen LogP contribution in [0.2, 0.25) is 0 Å². The van der Waals surface area contributed by atoms with Crippen LogP contribution < -0.4 is 0 Å². The van der Waals surface area contributed by atoms with Crippen molar-refractivity contribution in [3.63, 3.8) is 0 Å². The fourth-order valence-electron chi connectivity index (χ4n) is 2.43. The van der Waals surface area contributed by atoms with E-state index in [2.05, 4.69) is 22.4 Å². The van der Waals surface area contributed by atoms with Crippen molar-refractivity contribution >= 4 is 32.7 Å². The van der Waals surface area contributed by atoms with Gasteiger partial charge in [0.05, 0.1) is 0 Å². The average Bonchev–Trinajstić information content (AvgIpc) is 3.11. The highest BCUT2D eigenvalue weighted by molar-refractivity contribution is 7.91. The number of sulfonamides is 1. The summed E-state index contributed by atoms with van der Waals surface area (Å²) < 4.78 is 27.2. The summed E-state index contributed by atoms with van der Waals surface area (Å²) in [5, 5.41) is 2.08. The molecule has 0 bridgehead atoms. The summed E-state index contributed by atoms with van der Waals surface area (Å²) in [5.74, 6) is 0. The number of aryl methyl sites for hydroxylation is 1. The minimum Gasteiger partial charge on any atom is -0.296 e. The van der Waals surface area contributed by atoms with Gasteiger partial charge in [0.25, 0.3) is 10.0 Å². The molecule has 4 nitrogen and oxygen atoms in total. The Morgan fingerprint density at radius 1 is 1.14 bits per heavy atom. The normalized spacial score (nSPS) is 18.1. The molecule has 114 valence electrons. The summed E-state index contributed by atoms with van der Waals surface area (Å²) in [5.41, 5.74) is 0. The highest BCUT2D eigenvalue weighted by Gasteiger charge is 2.29. The number of rotatable bonds is 4. The predicted octanol–water partition coefficient (Wildman–Crippen LogP) is 2.62. The Labute approximate surface area is 133 Å². The number of piperazine rings is 1. The van der Waals surface area contributed by atoms with E-state index >= 15 is 0 Å². The summed E-state index contributed by atoms with van der Waals surface area (Å²) in [4.78, 5) is 4.68. The second kappa shape index (κ2) is 6.18. The maximum absolute atomic E-state index is 12.5. The Hall–Kier alpha value is -0.730. The van der Waals surface area contributed by atoms with E-state index in [0.29, 0.717) is 17.3 Å². The zero-order valence-corrected chi connectivity index (χ0v) is 14.3. The zero-order chi connectivity index (χ0) is 14.9. The lowest BCUT2D eigenvalue weighted by molar-refractivity contribution is 0.183. The van der Waals surface area contributed by atoms with Gasteiger partial charge in [-0.2, -0.15) is 4.31 Å². The van der Waals surface area contributed by atoms with E-state index in [-0.39, 0.29) is 0 Å². The Bertz CT molecular complexity index is 684. The topological polar surface area (TPSA) is 40.6 Å². The molecular weight excluding hydrogens is 324 g/mol.